The number of hydrogen-bond acceptors (Lipinski definition) is 3. The molecule has 1 heterocycles. The Balaban J connectivity index is 2.30. The number of carbonyl (C=O) groups excluding carboxylic acids is 1. The van der Waals surface area contributed by atoms with Gasteiger partial charge < -0.3 is 11.1 Å². The third kappa shape index (κ3) is 2.86. The number of aromatic nitrogens is 2. The monoisotopic (exact) mass is 316 g/mol. The van der Waals surface area contributed by atoms with Gasteiger partial charge >= 0.3 is 0 Å². The highest BCUT2D eigenvalue weighted by Gasteiger charge is 2.18. The number of amides is 1. The zero-order valence-electron chi connectivity index (χ0n) is 10.5. The summed E-state index contributed by atoms with van der Waals surface area (Å²) >= 11 is 11.7. The largest absolute Gasteiger partial charge is 0.396 e. The highest BCUT2D eigenvalue weighted by atomic mass is 35.5. The Hall–Kier alpha value is -1.79. The molecule has 0 atom stereocenters. The molecular formula is C12H11Cl2FN4O. The number of halogens is 3. The van der Waals surface area contributed by atoms with E-state index in [1.54, 1.807) is 6.20 Å². The fourth-order valence-corrected chi connectivity index (χ4v) is 2.16. The van der Waals surface area contributed by atoms with Gasteiger partial charge in [-0.3, -0.25) is 9.48 Å². The topological polar surface area (TPSA) is 72.9 Å². The number of carbonyl (C=O) groups is 1. The van der Waals surface area contributed by atoms with Crippen LogP contribution in [0.3, 0.4) is 0 Å². The summed E-state index contributed by atoms with van der Waals surface area (Å²) in [5.74, 6) is -1.15. The molecule has 20 heavy (non-hydrogen) atoms. The summed E-state index contributed by atoms with van der Waals surface area (Å²) in [5, 5.41) is 6.49. The van der Waals surface area contributed by atoms with Gasteiger partial charge in [0.05, 0.1) is 21.4 Å². The van der Waals surface area contributed by atoms with Crippen LogP contribution in [0.1, 0.15) is 17.4 Å². The maximum absolute atomic E-state index is 13.1. The molecule has 8 heteroatoms. The van der Waals surface area contributed by atoms with Crippen LogP contribution in [0, 0.1) is 5.82 Å². The van der Waals surface area contributed by atoms with Gasteiger partial charge in [0, 0.05) is 12.7 Å². The van der Waals surface area contributed by atoms with E-state index in [0.717, 1.165) is 12.1 Å². The molecular weight excluding hydrogens is 306 g/mol. The van der Waals surface area contributed by atoms with Crippen LogP contribution in [0.25, 0.3) is 0 Å². The van der Waals surface area contributed by atoms with E-state index >= 15 is 0 Å². The predicted molar refractivity (Wildman–Crippen MR) is 76.7 cm³/mol. The van der Waals surface area contributed by atoms with Crippen LogP contribution >= 0.6 is 23.2 Å². The summed E-state index contributed by atoms with van der Waals surface area (Å²) in [7, 11) is 0. The van der Waals surface area contributed by atoms with Crippen molar-refractivity contribution in [1.82, 2.24) is 9.78 Å². The molecule has 2 rings (SSSR count). The minimum Gasteiger partial charge on any atom is -0.396 e. The molecule has 0 fully saturated rings. The lowest BCUT2D eigenvalue weighted by molar-refractivity contribution is 0.102. The van der Waals surface area contributed by atoms with E-state index in [4.69, 9.17) is 28.9 Å². The van der Waals surface area contributed by atoms with Crippen LogP contribution < -0.4 is 11.1 Å². The average Bonchev–Trinajstić information content (AvgIpc) is 2.75. The highest BCUT2D eigenvalue weighted by Crippen LogP contribution is 2.31. The zero-order valence-corrected chi connectivity index (χ0v) is 12.0. The van der Waals surface area contributed by atoms with Crippen molar-refractivity contribution in [2.75, 3.05) is 11.1 Å². The van der Waals surface area contributed by atoms with Gasteiger partial charge in [0.1, 0.15) is 5.82 Å². The van der Waals surface area contributed by atoms with Gasteiger partial charge in [-0.25, -0.2) is 4.39 Å². The van der Waals surface area contributed by atoms with E-state index in [-0.39, 0.29) is 27.1 Å². The SMILES string of the molecule is CCn1cc(N)c(C(=O)Nc2c(Cl)cc(F)cc2Cl)n1. The summed E-state index contributed by atoms with van der Waals surface area (Å²) < 4.78 is 14.6. The molecule has 1 aromatic carbocycles. The molecule has 1 amide bonds. The Kier molecular flexibility index (Phi) is 4.15. The van der Waals surface area contributed by atoms with E-state index in [2.05, 4.69) is 10.4 Å². The van der Waals surface area contributed by atoms with Crippen LogP contribution in [0.4, 0.5) is 15.8 Å². The first kappa shape index (κ1) is 14.6. The molecule has 0 aliphatic carbocycles. The Morgan fingerprint density at radius 3 is 2.55 bits per heavy atom. The number of nitrogens with zero attached hydrogens (tertiary/aromatic N) is 2. The third-order valence-corrected chi connectivity index (χ3v) is 3.17. The summed E-state index contributed by atoms with van der Waals surface area (Å²) in [6.45, 7) is 2.44. The van der Waals surface area contributed by atoms with E-state index in [1.165, 1.54) is 4.68 Å². The molecule has 0 aliphatic rings. The Labute approximate surface area is 124 Å². The first-order valence-electron chi connectivity index (χ1n) is 5.71. The summed E-state index contributed by atoms with van der Waals surface area (Å²) in [4.78, 5) is 12.1. The lowest BCUT2D eigenvalue weighted by atomic mass is 10.3. The standard InChI is InChI=1S/C12H11Cl2FN4O/c1-2-19-5-9(16)11(18-19)12(20)17-10-7(13)3-6(15)4-8(10)14/h3-5H,2,16H2,1H3,(H,17,20). The lowest BCUT2D eigenvalue weighted by Crippen LogP contribution is -2.15. The average molecular weight is 317 g/mol. The summed E-state index contributed by atoms with van der Waals surface area (Å²) in [5.41, 5.74) is 6.11. The fraction of sp³-hybridized carbons (Fsp3) is 0.167. The van der Waals surface area contributed by atoms with Gasteiger partial charge in [-0.1, -0.05) is 23.2 Å². The molecule has 2 aromatic rings. The van der Waals surface area contributed by atoms with Crippen LogP contribution in [0.2, 0.25) is 10.0 Å². The zero-order chi connectivity index (χ0) is 14.9. The van der Waals surface area contributed by atoms with Gasteiger partial charge in [0.15, 0.2) is 5.69 Å². The molecule has 0 saturated carbocycles. The van der Waals surface area contributed by atoms with Crippen molar-refractivity contribution >= 4 is 40.5 Å². The second-order valence-electron chi connectivity index (χ2n) is 3.99. The third-order valence-electron chi connectivity index (χ3n) is 2.57. The van der Waals surface area contributed by atoms with Crippen LogP contribution in [-0.4, -0.2) is 15.7 Å². The van der Waals surface area contributed by atoms with E-state index < -0.39 is 11.7 Å². The number of nitrogens with one attached hydrogen (secondary N) is 1. The summed E-state index contributed by atoms with van der Waals surface area (Å²) in [6.07, 6.45) is 1.54. The van der Waals surface area contributed by atoms with Crippen molar-refractivity contribution < 1.29 is 9.18 Å². The normalized spacial score (nSPS) is 10.6. The minimum absolute atomic E-state index is 0.00292. The van der Waals surface area contributed by atoms with Crippen molar-refractivity contribution in [1.29, 1.82) is 0 Å². The molecule has 106 valence electrons. The predicted octanol–water partition coefficient (Wildman–Crippen LogP) is 3.18. The smallest absolute Gasteiger partial charge is 0.278 e. The Bertz CT molecular complexity index is 648. The Morgan fingerprint density at radius 1 is 1.45 bits per heavy atom. The number of anilines is 2. The van der Waals surface area contributed by atoms with Crippen molar-refractivity contribution in [2.24, 2.45) is 0 Å². The molecule has 0 bridgehead atoms. The van der Waals surface area contributed by atoms with E-state index in [1.807, 2.05) is 6.92 Å². The highest BCUT2D eigenvalue weighted by molar-refractivity contribution is 6.40. The molecule has 0 radical (unpaired) electrons. The number of nitrogens with two attached hydrogens (primary N) is 1. The molecule has 0 aliphatic heterocycles. The van der Waals surface area contributed by atoms with Crippen LogP contribution in [-0.2, 0) is 6.54 Å². The van der Waals surface area contributed by atoms with Gasteiger partial charge in [-0.05, 0) is 19.1 Å². The molecule has 1 aromatic heterocycles. The number of rotatable bonds is 3. The van der Waals surface area contributed by atoms with Crippen molar-refractivity contribution in [2.45, 2.75) is 13.5 Å². The molecule has 0 unspecified atom stereocenters. The van der Waals surface area contributed by atoms with Gasteiger partial charge in [-0.15, -0.1) is 0 Å². The maximum Gasteiger partial charge on any atom is 0.278 e. The van der Waals surface area contributed by atoms with Gasteiger partial charge in [0.25, 0.3) is 5.91 Å². The van der Waals surface area contributed by atoms with Gasteiger partial charge in [0.2, 0.25) is 0 Å². The number of benzene rings is 1. The first-order chi connectivity index (χ1) is 9.42. The van der Waals surface area contributed by atoms with Crippen molar-refractivity contribution in [3.05, 3.63) is 39.9 Å². The first-order valence-corrected chi connectivity index (χ1v) is 6.46. The van der Waals surface area contributed by atoms with Crippen molar-refractivity contribution in [3.63, 3.8) is 0 Å². The fourth-order valence-electron chi connectivity index (χ4n) is 1.61. The Morgan fingerprint density at radius 2 is 2.05 bits per heavy atom. The van der Waals surface area contributed by atoms with E-state index in [0.29, 0.717) is 6.54 Å². The van der Waals surface area contributed by atoms with Crippen molar-refractivity contribution in [3.8, 4) is 0 Å². The van der Waals surface area contributed by atoms with Gasteiger partial charge in [-0.2, -0.15) is 5.10 Å². The minimum atomic E-state index is -0.590. The second kappa shape index (κ2) is 5.68. The summed E-state index contributed by atoms with van der Waals surface area (Å²) in [6, 6.07) is 2.11. The lowest BCUT2D eigenvalue weighted by Gasteiger charge is -2.08. The van der Waals surface area contributed by atoms with Crippen LogP contribution in [0.15, 0.2) is 18.3 Å². The maximum atomic E-state index is 13.1. The molecule has 3 N–H and O–H groups in total. The second-order valence-corrected chi connectivity index (χ2v) is 4.80. The molecule has 0 spiro atoms. The quantitative estimate of drug-likeness (QED) is 0.913. The van der Waals surface area contributed by atoms with Crippen LogP contribution in [0.5, 0.6) is 0 Å². The molecule has 0 saturated heterocycles. The molecule has 5 nitrogen and oxygen atoms in total. The number of nitrogen functional groups attached to an aromatic ring is 1. The number of hydrogen-bond donors (Lipinski definition) is 2. The number of aryl methyl sites for hydroxylation is 1. The van der Waals surface area contributed by atoms with E-state index in [9.17, 15) is 9.18 Å².